The van der Waals surface area contributed by atoms with Gasteiger partial charge in [0.15, 0.2) is 16.7 Å². The molecule has 1 N–H and O–H groups in total. The van der Waals surface area contributed by atoms with Crippen LogP contribution in [-0.4, -0.2) is 24.3 Å². The second kappa shape index (κ2) is 9.68. The Balaban J connectivity index is 1.86. The predicted molar refractivity (Wildman–Crippen MR) is 122 cm³/mol. The molecular weight excluding hydrogens is 452 g/mol. The third-order valence-electron chi connectivity index (χ3n) is 3.84. The van der Waals surface area contributed by atoms with Crippen molar-refractivity contribution in [2.75, 3.05) is 13.2 Å². The maximum Gasteiger partial charge on any atom is 0.264 e. The summed E-state index contributed by atoms with van der Waals surface area (Å²) < 4.78 is 11.9. The van der Waals surface area contributed by atoms with E-state index in [1.165, 1.54) is 11.8 Å². The number of ether oxygens (including phenoxy) is 2. The molecule has 2 aromatic rings. The topological polar surface area (TPSA) is 59.9 Å². The third-order valence-corrected chi connectivity index (χ3v) is 5.34. The summed E-state index contributed by atoms with van der Waals surface area (Å²) in [5, 5.41) is 3.34. The highest BCUT2D eigenvalue weighted by atomic mass is 79.9. The second-order valence-electron chi connectivity index (χ2n) is 6.07. The zero-order chi connectivity index (χ0) is 20.8. The number of hydrogen-bond donors (Lipinski definition) is 1. The number of aliphatic imine (C=N–C) groups is 1. The van der Waals surface area contributed by atoms with Gasteiger partial charge in [-0.15, -0.1) is 6.42 Å². The Labute approximate surface area is 182 Å². The van der Waals surface area contributed by atoms with Gasteiger partial charge in [0, 0.05) is 0 Å². The van der Waals surface area contributed by atoms with Crippen molar-refractivity contribution in [3.8, 4) is 23.8 Å². The zero-order valence-electron chi connectivity index (χ0n) is 16.0. The van der Waals surface area contributed by atoms with E-state index in [0.29, 0.717) is 32.7 Å². The average Bonchev–Trinajstić information content (AvgIpc) is 3.02. The number of rotatable bonds is 6. The van der Waals surface area contributed by atoms with Crippen LogP contribution in [0.4, 0.5) is 5.69 Å². The molecular formula is C22H19BrN2O3S. The van der Waals surface area contributed by atoms with Gasteiger partial charge in [-0.1, -0.05) is 23.6 Å². The number of carbonyl (C=O) groups is 1. The quantitative estimate of drug-likeness (QED) is 0.473. The van der Waals surface area contributed by atoms with E-state index >= 15 is 0 Å². The van der Waals surface area contributed by atoms with E-state index in [1.807, 2.05) is 50.2 Å². The summed E-state index contributed by atoms with van der Waals surface area (Å²) in [6, 6.07) is 11.5. The number of aryl methyl sites for hydroxylation is 1. The summed E-state index contributed by atoms with van der Waals surface area (Å²) in [5.41, 5.74) is 2.74. The molecule has 0 atom stereocenters. The molecule has 3 rings (SSSR count). The highest BCUT2D eigenvalue weighted by molar-refractivity contribution is 9.10. The molecule has 5 nitrogen and oxygen atoms in total. The molecule has 1 fully saturated rings. The summed E-state index contributed by atoms with van der Waals surface area (Å²) in [6.07, 6.45) is 7.07. The predicted octanol–water partition coefficient (Wildman–Crippen LogP) is 5.06. The van der Waals surface area contributed by atoms with Gasteiger partial charge in [-0.3, -0.25) is 4.79 Å². The first-order valence-electron chi connectivity index (χ1n) is 8.89. The third kappa shape index (κ3) is 5.43. The highest BCUT2D eigenvalue weighted by Gasteiger charge is 2.24. The molecule has 1 aliphatic heterocycles. The number of thioether (sulfide) groups is 1. The van der Waals surface area contributed by atoms with Crippen molar-refractivity contribution in [3.05, 3.63) is 56.9 Å². The minimum atomic E-state index is -0.192. The van der Waals surface area contributed by atoms with Crippen LogP contribution in [0.15, 0.2) is 50.8 Å². The smallest absolute Gasteiger partial charge is 0.264 e. The summed E-state index contributed by atoms with van der Waals surface area (Å²) >= 11 is 4.78. The van der Waals surface area contributed by atoms with Crippen LogP contribution in [0.3, 0.4) is 0 Å². The lowest BCUT2D eigenvalue weighted by Crippen LogP contribution is -2.19. The van der Waals surface area contributed by atoms with Crippen LogP contribution in [0.5, 0.6) is 11.5 Å². The van der Waals surface area contributed by atoms with Crippen molar-refractivity contribution in [1.29, 1.82) is 0 Å². The van der Waals surface area contributed by atoms with Gasteiger partial charge in [0.1, 0.15) is 6.61 Å². The van der Waals surface area contributed by atoms with Crippen LogP contribution in [0, 0.1) is 19.3 Å². The van der Waals surface area contributed by atoms with Gasteiger partial charge in [0.05, 0.1) is 21.7 Å². The van der Waals surface area contributed by atoms with Crippen LogP contribution in [-0.2, 0) is 4.79 Å². The molecule has 0 saturated carbocycles. The van der Waals surface area contributed by atoms with E-state index in [9.17, 15) is 4.79 Å². The molecule has 148 valence electrons. The SMILES string of the molecule is C#CCOc1c(Br)cc(/C=C2\SC(=Nc3ccc(C)cc3)NC2=O)cc1OCC. The number of carbonyl (C=O) groups excluding carboxylic acids is 1. The number of terminal acetylenes is 1. The van der Waals surface area contributed by atoms with Gasteiger partial charge in [-0.25, -0.2) is 4.99 Å². The van der Waals surface area contributed by atoms with Crippen molar-refractivity contribution in [2.45, 2.75) is 13.8 Å². The van der Waals surface area contributed by atoms with Crippen LogP contribution < -0.4 is 14.8 Å². The molecule has 0 bridgehead atoms. The lowest BCUT2D eigenvalue weighted by atomic mass is 10.2. The van der Waals surface area contributed by atoms with Crippen molar-refractivity contribution in [3.63, 3.8) is 0 Å². The lowest BCUT2D eigenvalue weighted by Gasteiger charge is -2.13. The van der Waals surface area contributed by atoms with E-state index in [-0.39, 0.29) is 12.5 Å². The van der Waals surface area contributed by atoms with Gasteiger partial charge >= 0.3 is 0 Å². The monoisotopic (exact) mass is 470 g/mol. The average molecular weight is 471 g/mol. The maximum absolute atomic E-state index is 12.4. The van der Waals surface area contributed by atoms with Gasteiger partial charge in [0.25, 0.3) is 5.91 Å². The standard InChI is InChI=1S/C22H19BrN2O3S/c1-4-10-28-20-17(23)11-15(12-18(20)27-5-2)13-19-21(26)25-22(29-19)24-16-8-6-14(3)7-9-16/h1,6-9,11-13H,5,10H2,2-3H3,(H,24,25,26)/b19-13-. The molecule has 0 unspecified atom stereocenters. The molecule has 29 heavy (non-hydrogen) atoms. The lowest BCUT2D eigenvalue weighted by molar-refractivity contribution is -0.115. The fourth-order valence-corrected chi connectivity index (χ4v) is 3.97. The summed E-state index contributed by atoms with van der Waals surface area (Å²) in [6.45, 7) is 4.51. The van der Waals surface area contributed by atoms with E-state index in [2.05, 4.69) is 32.2 Å². The van der Waals surface area contributed by atoms with E-state index in [4.69, 9.17) is 15.9 Å². The Bertz CT molecular complexity index is 1020. The van der Waals surface area contributed by atoms with Gasteiger partial charge in [-0.2, -0.15) is 0 Å². The number of nitrogens with one attached hydrogen (secondary N) is 1. The Morgan fingerprint density at radius 3 is 2.72 bits per heavy atom. The molecule has 0 spiro atoms. The normalized spacial score (nSPS) is 16.0. The minimum Gasteiger partial charge on any atom is -0.490 e. The van der Waals surface area contributed by atoms with Crippen LogP contribution >= 0.6 is 27.7 Å². The molecule has 1 amide bonds. The number of amidine groups is 1. The maximum atomic E-state index is 12.4. The molecule has 0 aliphatic carbocycles. The number of benzene rings is 2. The van der Waals surface area contributed by atoms with Crippen molar-refractivity contribution < 1.29 is 14.3 Å². The second-order valence-corrected chi connectivity index (χ2v) is 7.96. The first-order chi connectivity index (χ1) is 14.0. The summed E-state index contributed by atoms with van der Waals surface area (Å²) in [4.78, 5) is 17.4. The van der Waals surface area contributed by atoms with Crippen molar-refractivity contribution in [1.82, 2.24) is 5.32 Å². The Morgan fingerprint density at radius 1 is 1.28 bits per heavy atom. The van der Waals surface area contributed by atoms with Gasteiger partial charge < -0.3 is 14.8 Å². The van der Waals surface area contributed by atoms with Crippen LogP contribution in [0.1, 0.15) is 18.1 Å². The fourth-order valence-electron chi connectivity index (χ4n) is 2.56. The molecule has 7 heteroatoms. The molecule has 1 aliphatic rings. The van der Waals surface area contributed by atoms with E-state index in [0.717, 1.165) is 16.8 Å². The summed E-state index contributed by atoms with van der Waals surface area (Å²) in [5.74, 6) is 3.34. The molecule has 0 aromatic heterocycles. The number of halogens is 1. The Morgan fingerprint density at radius 2 is 2.03 bits per heavy atom. The van der Waals surface area contributed by atoms with E-state index < -0.39 is 0 Å². The number of nitrogens with zero attached hydrogens (tertiary/aromatic N) is 1. The zero-order valence-corrected chi connectivity index (χ0v) is 18.4. The first-order valence-corrected chi connectivity index (χ1v) is 10.5. The largest absolute Gasteiger partial charge is 0.490 e. The first kappa shape index (κ1) is 21.0. The van der Waals surface area contributed by atoms with Crippen LogP contribution in [0.25, 0.3) is 6.08 Å². The minimum absolute atomic E-state index is 0.135. The highest BCUT2D eigenvalue weighted by Crippen LogP contribution is 2.38. The van der Waals surface area contributed by atoms with Gasteiger partial charge in [0.2, 0.25) is 0 Å². The van der Waals surface area contributed by atoms with Gasteiger partial charge in [-0.05, 0) is 77.4 Å². The molecule has 1 heterocycles. The van der Waals surface area contributed by atoms with Crippen molar-refractivity contribution in [2.24, 2.45) is 4.99 Å². The number of amides is 1. The molecule has 1 saturated heterocycles. The Hall–Kier alpha value is -2.69. The summed E-state index contributed by atoms with van der Waals surface area (Å²) in [7, 11) is 0. The molecule has 2 aromatic carbocycles. The Kier molecular flexibility index (Phi) is 7.02. The van der Waals surface area contributed by atoms with Crippen LogP contribution in [0.2, 0.25) is 0 Å². The van der Waals surface area contributed by atoms with Crippen molar-refractivity contribution >= 4 is 50.5 Å². The molecule has 0 radical (unpaired) electrons. The van der Waals surface area contributed by atoms with E-state index in [1.54, 1.807) is 6.08 Å². The fraction of sp³-hybridized carbons (Fsp3) is 0.182. The number of hydrogen-bond acceptors (Lipinski definition) is 5.